The smallest absolute Gasteiger partial charge is 0.345 e. The molecule has 1 unspecified atom stereocenters. The monoisotopic (exact) mass is 286 g/mol. The van der Waals surface area contributed by atoms with Crippen LogP contribution in [0.3, 0.4) is 0 Å². The van der Waals surface area contributed by atoms with Gasteiger partial charge in [-0.3, -0.25) is 0 Å². The highest BCUT2D eigenvalue weighted by Crippen LogP contribution is 2.42. The lowest BCUT2D eigenvalue weighted by molar-refractivity contribution is -0.137. The lowest BCUT2D eigenvalue weighted by atomic mass is 10.2. The average molecular weight is 286 g/mol. The predicted octanol–water partition coefficient (Wildman–Crippen LogP) is 2.06. The normalized spacial score (nSPS) is 22.2. The van der Waals surface area contributed by atoms with Gasteiger partial charge in [0.15, 0.2) is 5.82 Å². The summed E-state index contributed by atoms with van der Waals surface area (Å²) in [6.45, 7) is 6.30. The number of piperazine rings is 1. The van der Waals surface area contributed by atoms with Crippen LogP contribution in [0.4, 0.5) is 24.7 Å². The third kappa shape index (κ3) is 2.00. The van der Waals surface area contributed by atoms with Gasteiger partial charge in [0.1, 0.15) is 6.17 Å². The quantitative estimate of drug-likeness (QED) is 0.856. The summed E-state index contributed by atoms with van der Waals surface area (Å²) in [6, 6.07) is 1.34. The molecule has 0 saturated carbocycles. The van der Waals surface area contributed by atoms with Crippen LogP contribution in [-0.2, 0) is 6.18 Å². The molecule has 0 aliphatic carbocycles. The van der Waals surface area contributed by atoms with Crippen molar-refractivity contribution >= 4 is 11.5 Å². The number of rotatable bonds is 1. The summed E-state index contributed by atoms with van der Waals surface area (Å²) in [7, 11) is 0. The zero-order valence-corrected chi connectivity index (χ0v) is 11.4. The van der Waals surface area contributed by atoms with Crippen LogP contribution in [0.5, 0.6) is 0 Å². The summed E-state index contributed by atoms with van der Waals surface area (Å²) in [5.41, 5.74) is -0.0989. The van der Waals surface area contributed by atoms with Crippen molar-refractivity contribution in [3.63, 3.8) is 0 Å². The van der Waals surface area contributed by atoms with E-state index < -0.39 is 11.7 Å². The zero-order valence-electron chi connectivity index (χ0n) is 11.4. The predicted molar refractivity (Wildman–Crippen MR) is 70.9 cm³/mol. The summed E-state index contributed by atoms with van der Waals surface area (Å²) in [5.74, 6) is 0.665. The Bertz CT molecular complexity index is 515. The highest BCUT2D eigenvalue weighted by molar-refractivity contribution is 5.75. The summed E-state index contributed by atoms with van der Waals surface area (Å²) < 4.78 is 38.6. The summed E-state index contributed by atoms with van der Waals surface area (Å²) >= 11 is 0. The van der Waals surface area contributed by atoms with Crippen molar-refractivity contribution in [2.45, 2.75) is 32.2 Å². The summed E-state index contributed by atoms with van der Waals surface area (Å²) in [5, 5.41) is 3.29. The molecule has 3 heterocycles. The van der Waals surface area contributed by atoms with Gasteiger partial charge in [0.25, 0.3) is 0 Å². The number of anilines is 2. The molecule has 1 saturated heterocycles. The molecule has 1 aromatic rings. The van der Waals surface area contributed by atoms with Crippen LogP contribution in [-0.4, -0.2) is 36.8 Å². The highest BCUT2D eigenvalue weighted by Gasteiger charge is 2.41. The van der Waals surface area contributed by atoms with E-state index in [1.54, 1.807) is 0 Å². The second-order valence-corrected chi connectivity index (χ2v) is 5.44. The van der Waals surface area contributed by atoms with E-state index in [0.717, 1.165) is 25.8 Å². The van der Waals surface area contributed by atoms with Gasteiger partial charge in [0.2, 0.25) is 0 Å². The van der Waals surface area contributed by atoms with Gasteiger partial charge in [-0.25, -0.2) is 4.98 Å². The summed E-state index contributed by atoms with van der Waals surface area (Å²) in [6.07, 6.45) is -3.37. The molecule has 2 aliphatic heterocycles. The molecule has 0 amide bonds. The van der Waals surface area contributed by atoms with Gasteiger partial charge in [-0.1, -0.05) is 0 Å². The molecule has 3 rings (SSSR count). The number of fused-ring (bicyclic) bond motifs is 3. The largest absolute Gasteiger partial charge is 0.417 e. The van der Waals surface area contributed by atoms with E-state index in [9.17, 15) is 13.2 Å². The topological polar surface area (TPSA) is 31.4 Å². The van der Waals surface area contributed by atoms with E-state index in [4.69, 9.17) is 0 Å². The summed E-state index contributed by atoms with van der Waals surface area (Å²) in [4.78, 5) is 8.19. The minimum atomic E-state index is -4.36. The number of pyridine rings is 1. The average Bonchev–Trinajstić information content (AvgIpc) is 2.71. The van der Waals surface area contributed by atoms with Crippen LogP contribution in [0.2, 0.25) is 0 Å². The minimum Gasteiger partial charge on any atom is -0.345 e. The van der Waals surface area contributed by atoms with Gasteiger partial charge in [-0.2, -0.15) is 13.2 Å². The number of hydrogen-bond donors (Lipinski definition) is 1. The SMILES string of the molecule is CC(C)N1c2cc(C(F)(F)F)cnc2N2CCNCC21. The molecule has 2 aliphatic rings. The molecular weight excluding hydrogens is 269 g/mol. The molecule has 0 radical (unpaired) electrons. The maximum atomic E-state index is 12.9. The van der Waals surface area contributed by atoms with Crippen molar-refractivity contribution < 1.29 is 13.2 Å². The van der Waals surface area contributed by atoms with Crippen molar-refractivity contribution in [1.82, 2.24) is 10.3 Å². The van der Waals surface area contributed by atoms with Gasteiger partial charge in [-0.15, -0.1) is 0 Å². The van der Waals surface area contributed by atoms with Crippen molar-refractivity contribution in [3.05, 3.63) is 17.8 Å². The molecule has 1 fully saturated rings. The van der Waals surface area contributed by atoms with Crippen LogP contribution < -0.4 is 15.1 Å². The first-order valence-electron chi connectivity index (χ1n) is 6.72. The highest BCUT2D eigenvalue weighted by atomic mass is 19.4. The molecule has 1 aromatic heterocycles. The molecule has 0 spiro atoms. The first-order valence-corrected chi connectivity index (χ1v) is 6.72. The van der Waals surface area contributed by atoms with Crippen LogP contribution in [0, 0.1) is 0 Å². The third-order valence-corrected chi connectivity index (χ3v) is 3.82. The first kappa shape index (κ1) is 13.5. The fourth-order valence-corrected chi connectivity index (χ4v) is 2.98. The number of alkyl halides is 3. The van der Waals surface area contributed by atoms with Crippen molar-refractivity contribution in [3.8, 4) is 0 Å². The van der Waals surface area contributed by atoms with E-state index >= 15 is 0 Å². The Morgan fingerprint density at radius 2 is 2.15 bits per heavy atom. The van der Waals surface area contributed by atoms with Gasteiger partial charge in [0.05, 0.1) is 11.3 Å². The number of hydrogen-bond acceptors (Lipinski definition) is 4. The van der Waals surface area contributed by atoms with E-state index in [-0.39, 0.29) is 12.2 Å². The zero-order chi connectivity index (χ0) is 14.5. The van der Waals surface area contributed by atoms with Gasteiger partial charge in [-0.05, 0) is 19.9 Å². The second kappa shape index (κ2) is 4.51. The van der Waals surface area contributed by atoms with E-state index in [1.165, 1.54) is 6.07 Å². The minimum absolute atomic E-state index is 0.0507. The molecule has 7 heteroatoms. The van der Waals surface area contributed by atoms with Crippen LogP contribution in [0.25, 0.3) is 0 Å². The second-order valence-electron chi connectivity index (χ2n) is 5.44. The Labute approximate surface area is 115 Å². The fraction of sp³-hybridized carbons (Fsp3) is 0.615. The third-order valence-electron chi connectivity index (χ3n) is 3.82. The number of nitrogens with zero attached hydrogens (tertiary/aromatic N) is 3. The Balaban J connectivity index is 2.08. The molecule has 1 atom stereocenters. The molecule has 0 bridgehead atoms. The standard InChI is InChI=1S/C13H17F3N4/c1-8(2)20-10-5-9(13(14,15)16)6-18-12(10)19-4-3-17-7-11(19)20/h5-6,8,11,17H,3-4,7H2,1-2H3. The Hall–Kier alpha value is -1.50. The first-order chi connectivity index (χ1) is 9.39. The van der Waals surface area contributed by atoms with Gasteiger partial charge < -0.3 is 15.1 Å². The Morgan fingerprint density at radius 3 is 2.80 bits per heavy atom. The van der Waals surface area contributed by atoms with Crippen molar-refractivity contribution in [2.75, 3.05) is 29.4 Å². The van der Waals surface area contributed by atoms with Crippen molar-refractivity contribution in [2.24, 2.45) is 0 Å². The molecule has 110 valence electrons. The number of nitrogens with one attached hydrogen (secondary N) is 1. The van der Waals surface area contributed by atoms with Crippen LogP contribution >= 0.6 is 0 Å². The van der Waals surface area contributed by atoms with Gasteiger partial charge in [0, 0.05) is 31.9 Å². The molecule has 1 N–H and O–H groups in total. The van der Waals surface area contributed by atoms with Crippen molar-refractivity contribution in [1.29, 1.82) is 0 Å². The molecule has 20 heavy (non-hydrogen) atoms. The number of aromatic nitrogens is 1. The van der Waals surface area contributed by atoms with E-state index in [0.29, 0.717) is 11.5 Å². The van der Waals surface area contributed by atoms with Gasteiger partial charge >= 0.3 is 6.18 Å². The maximum Gasteiger partial charge on any atom is 0.417 e. The Kier molecular flexibility index (Phi) is 3.04. The fourth-order valence-electron chi connectivity index (χ4n) is 2.98. The molecule has 0 aromatic carbocycles. The van der Waals surface area contributed by atoms with Crippen LogP contribution in [0.15, 0.2) is 12.3 Å². The number of halogens is 3. The lowest BCUT2D eigenvalue weighted by Gasteiger charge is -2.38. The van der Waals surface area contributed by atoms with Crippen LogP contribution in [0.1, 0.15) is 19.4 Å². The van der Waals surface area contributed by atoms with E-state index in [2.05, 4.69) is 15.2 Å². The lowest BCUT2D eigenvalue weighted by Crippen LogP contribution is -2.57. The Morgan fingerprint density at radius 1 is 1.40 bits per heavy atom. The van der Waals surface area contributed by atoms with E-state index in [1.807, 2.05) is 18.7 Å². The maximum absolute atomic E-state index is 12.9. The molecular formula is C13H17F3N4. The molecule has 4 nitrogen and oxygen atoms in total.